The van der Waals surface area contributed by atoms with Crippen molar-refractivity contribution in [1.82, 2.24) is 4.90 Å². The average Bonchev–Trinajstić information content (AvgIpc) is 2.75. The van der Waals surface area contributed by atoms with Crippen LogP contribution in [0.25, 0.3) is 0 Å². The highest BCUT2D eigenvalue weighted by Gasteiger charge is 2.22. The van der Waals surface area contributed by atoms with Crippen LogP contribution < -0.4 is 0 Å². The van der Waals surface area contributed by atoms with Crippen molar-refractivity contribution in [2.75, 3.05) is 13.1 Å². The van der Waals surface area contributed by atoms with E-state index in [1.54, 1.807) is 6.07 Å². The summed E-state index contributed by atoms with van der Waals surface area (Å²) in [5.74, 6) is 0.0181. The summed E-state index contributed by atoms with van der Waals surface area (Å²) in [6.07, 6.45) is 2.16. The van der Waals surface area contributed by atoms with E-state index in [2.05, 4.69) is 31.9 Å². The summed E-state index contributed by atoms with van der Waals surface area (Å²) in [6.45, 7) is 1.67. The molecular weight excluding hydrogens is 357 g/mol. The highest BCUT2D eigenvalue weighted by molar-refractivity contribution is 9.11. The molecule has 1 fully saturated rings. The van der Waals surface area contributed by atoms with Crippen LogP contribution in [0, 0.1) is 0 Å². The third-order valence-electron chi connectivity index (χ3n) is 2.62. The summed E-state index contributed by atoms with van der Waals surface area (Å²) in [7, 11) is 0. The van der Waals surface area contributed by atoms with Crippen LogP contribution in [0.3, 0.4) is 0 Å². The maximum Gasteiger partial charge on any atom is 0.255 e. The zero-order valence-corrected chi connectivity index (χ0v) is 12.4. The lowest BCUT2D eigenvalue weighted by Crippen LogP contribution is -2.27. The van der Waals surface area contributed by atoms with Crippen LogP contribution in [-0.2, 0) is 0 Å². The average molecular weight is 367 g/mol. The van der Waals surface area contributed by atoms with Gasteiger partial charge < -0.3 is 4.90 Å². The Morgan fingerprint density at radius 2 is 1.88 bits per heavy atom. The Kier molecular flexibility index (Phi) is 3.93. The van der Waals surface area contributed by atoms with Crippen LogP contribution in [-0.4, -0.2) is 23.9 Å². The molecule has 1 amide bonds. The number of halogens is 3. The molecule has 1 aliphatic rings. The van der Waals surface area contributed by atoms with Gasteiger partial charge in [-0.15, -0.1) is 0 Å². The fraction of sp³-hybridized carbons (Fsp3) is 0.364. The first kappa shape index (κ1) is 12.4. The van der Waals surface area contributed by atoms with E-state index in [-0.39, 0.29) is 5.91 Å². The summed E-state index contributed by atoms with van der Waals surface area (Å²) in [5.41, 5.74) is 0.560. The lowest BCUT2D eigenvalue weighted by molar-refractivity contribution is 0.0793. The third-order valence-corrected chi connectivity index (χ3v) is 4.34. The van der Waals surface area contributed by atoms with Gasteiger partial charge in [0.2, 0.25) is 0 Å². The van der Waals surface area contributed by atoms with Crippen molar-refractivity contribution >= 4 is 49.4 Å². The number of hydrogen-bond donors (Lipinski definition) is 0. The van der Waals surface area contributed by atoms with E-state index in [0.29, 0.717) is 10.6 Å². The summed E-state index contributed by atoms with van der Waals surface area (Å²) < 4.78 is 1.59. The minimum atomic E-state index is 0.0181. The van der Waals surface area contributed by atoms with Crippen molar-refractivity contribution in [1.29, 1.82) is 0 Å². The largest absolute Gasteiger partial charge is 0.339 e. The number of benzene rings is 1. The van der Waals surface area contributed by atoms with Gasteiger partial charge in [0.25, 0.3) is 5.91 Å². The van der Waals surface area contributed by atoms with Crippen molar-refractivity contribution < 1.29 is 4.79 Å². The first-order valence-electron chi connectivity index (χ1n) is 5.03. The molecule has 1 aromatic carbocycles. The minimum Gasteiger partial charge on any atom is -0.339 e. The summed E-state index contributed by atoms with van der Waals surface area (Å²) in [6, 6.07) is 3.61. The molecule has 1 aliphatic heterocycles. The Morgan fingerprint density at radius 1 is 1.25 bits per heavy atom. The number of carbonyl (C=O) groups is 1. The molecule has 1 heterocycles. The van der Waals surface area contributed by atoms with Crippen LogP contribution in [0.1, 0.15) is 23.2 Å². The second kappa shape index (κ2) is 5.07. The zero-order valence-electron chi connectivity index (χ0n) is 8.47. The molecule has 0 aromatic heterocycles. The lowest BCUT2D eigenvalue weighted by Gasteiger charge is -2.16. The molecule has 0 bridgehead atoms. The van der Waals surface area contributed by atoms with E-state index < -0.39 is 0 Å². The lowest BCUT2D eigenvalue weighted by atomic mass is 10.2. The zero-order chi connectivity index (χ0) is 11.7. The molecule has 2 rings (SSSR count). The van der Waals surface area contributed by atoms with Gasteiger partial charge in [-0.1, -0.05) is 27.5 Å². The predicted octanol–water partition coefficient (Wildman–Crippen LogP) is 4.10. The fourth-order valence-corrected chi connectivity index (χ4v) is 3.22. The van der Waals surface area contributed by atoms with Crippen LogP contribution in [0.5, 0.6) is 0 Å². The fourth-order valence-electron chi connectivity index (χ4n) is 1.80. The van der Waals surface area contributed by atoms with E-state index in [1.807, 2.05) is 11.0 Å². The maximum absolute atomic E-state index is 12.2. The number of nitrogens with zero attached hydrogens (tertiary/aromatic N) is 1. The van der Waals surface area contributed by atoms with Gasteiger partial charge in [0.1, 0.15) is 0 Å². The summed E-state index contributed by atoms with van der Waals surface area (Å²) in [4.78, 5) is 14.0. The number of carbonyl (C=O) groups excluding carboxylic acids is 1. The molecule has 1 saturated heterocycles. The molecule has 0 N–H and O–H groups in total. The monoisotopic (exact) mass is 365 g/mol. The highest BCUT2D eigenvalue weighted by Crippen LogP contribution is 2.31. The molecule has 0 radical (unpaired) electrons. The molecule has 0 aliphatic carbocycles. The van der Waals surface area contributed by atoms with Crippen LogP contribution in [0.15, 0.2) is 21.1 Å². The third kappa shape index (κ3) is 2.44. The quantitative estimate of drug-likeness (QED) is 0.685. The van der Waals surface area contributed by atoms with Crippen LogP contribution in [0.4, 0.5) is 0 Å². The van der Waals surface area contributed by atoms with E-state index in [1.165, 1.54) is 0 Å². The normalized spacial score (nSPS) is 15.6. The van der Waals surface area contributed by atoms with E-state index >= 15 is 0 Å². The van der Waals surface area contributed by atoms with Crippen molar-refractivity contribution in [3.05, 3.63) is 31.7 Å². The first-order valence-corrected chi connectivity index (χ1v) is 7.00. The van der Waals surface area contributed by atoms with Crippen LogP contribution >= 0.6 is 43.5 Å². The molecule has 86 valence electrons. The summed E-state index contributed by atoms with van der Waals surface area (Å²) in [5, 5.41) is 0.486. The maximum atomic E-state index is 12.2. The Labute approximate surface area is 116 Å². The van der Waals surface area contributed by atoms with E-state index in [0.717, 1.165) is 34.9 Å². The molecule has 0 saturated carbocycles. The molecule has 0 spiro atoms. The number of amides is 1. The number of likely N-dealkylation sites (tertiary alicyclic amines) is 1. The Bertz CT molecular complexity index is 430. The van der Waals surface area contributed by atoms with Gasteiger partial charge >= 0.3 is 0 Å². The van der Waals surface area contributed by atoms with Gasteiger partial charge in [-0.25, -0.2) is 0 Å². The van der Waals surface area contributed by atoms with Gasteiger partial charge in [0.15, 0.2) is 0 Å². The molecule has 0 unspecified atom stereocenters. The first-order chi connectivity index (χ1) is 7.59. The topological polar surface area (TPSA) is 20.3 Å². The molecule has 0 atom stereocenters. The standard InChI is InChI=1S/C11H10Br2ClNO/c12-7-5-8(10(14)9(13)6-7)11(16)15-3-1-2-4-15/h5-6H,1-4H2. The predicted molar refractivity (Wildman–Crippen MR) is 72.0 cm³/mol. The van der Waals surface area contributed by atoms with Crippen molar-refractivity contribution in [2.24, 2.45) is 0 Å². The van der Waals surface area contributed by atoms with Gasteiger partial charge in [0.05, 0.1) is 10.6 Å². The SMILES string of the molecule is O=C(c1cc(Br)cc(Br)c1Cl)N1CCCC1. The molecule has 5 heteroatoms. The smallest absolute Gasteiger partial charge is 0.255 e. The van der Waals surface area contributed by atoms with Gasteiger partial charge in [-0.3, -0.25) is 4.79 Å². The van der Waals surface area contributed by atoms with Crippen molar-refractivity contribution in [3.8, 4) is 0 Å². The molecule has 16 heavy (non-hydrogen) atoms. The number of rotatable bonds is 1. The molecule has 1 aromatic rings. The van der Waals surface area contributed by atoms with Crippen molar-refractivity contribution in [2.45, 2.75) is 12.8 Å². The number of hydrogen-bond acceptors (Lipinski definition) is 1. The van der Waals surface area contributed by atoms with E-state index in [9.17, 15) is 4.79 Å². The van der Waals surface area contributed by atoms with Crippen LogP contribution in [0.2, 0.25) is 5.02 Å². The van der Waals surface area contributed by atoms with Crippen molar-refractivity contribution in [3.63, 3.8) is 0 Å². The second-order valence-electron chi connectivity index (χ2n) is 3.75. The second-order valence-corrected chi connectivity index (χ2v) is 5.90. The Balaban J connectivity index is 2.35. The van der Waals surface area contributed by atoms with E-state index in [4.69, 9.17) is 11.6 Å². The Morgan fingerprint density at radius 3 is 2.50 bits per heavy atom. The summed E-state index contributed by atoms with van der Waals surface area (Å²) >= 11 is 12.8. The molecular formula is C11H10Br2ClNO. The van der Waals surface area contributed by atoms with Gasteiger partial charge in [-0.2, -0.15) is 0 Å². The highest BCUT2D eigenvalue weighted by atomic mass is 79.9. The molecule has 2 nitrogen and oxygen atoms in total. The minimum absolute atomic E-state index is 0.0181. The van der Waals surface area contributed by atoms with Gasteiger partial charge in [-0.05, 0) is 40.9 Å². The Hall–Kier alpha value is -0.0600. The van der Waals surface area contributed by atoms with Gasteiger partial charge in [0, 0.05) is 22.0 Å².